The van der Waals surface area contributed by atoms with Crippen LogP contribution in [0.4, 0.5) is 10.2 Å². The van der Waals surface area contributed by atoms with Gasteiger partial charge in [-0.15, -0.1) is 0 Å². The van der Waals surface area contributed by atoms with Crippen molar-refractivity contribution in [1.82, 2.24) is 4.98 Å². The van der Waals surface area contributed by atoms with Crippen LogP contribution in [0.1, 0.15) is 45.7 Å². The highest BCUT2D eigenvalue weighted by atomic mass is 32.2. The highest BCUT2D eigenvalue weighted by Crippen LogP contribution is 2.41. The van der Waals surface area contributed by atoms with Crippen LogP contribution in [0.15, 0.2) is 21.5 Å². The zero-order chi connectivity index (χ0) is 19.2. The van der Waals surface area contributed by atoms with E-state index >= 15 is 0 Å². The Morgan fingerprint density at radius 1 is 1.35 bits per heavy atom. The van der Waals surface area contributed by atoms with Gasteiger partial charge in [-0.1, -0.05) is 0 Å². The fourth-order valence-electron chi connectivity index (χ4n) is 3.57. The molecule has 0 saturated heterocycles. The molecule has 0 radical (unpaired) electrons. The molecule has 0 bridgehead atoms. The molecule has 0 fully saturated rings. The lowest BCUT2D eigenvalue weighted by Crippen LogP contribution is -2.56. The van der Waals surface area contributed by atoms with Gasteiger partial charge in [0.1, 0.15) is 33.5 Å². The first kappa shape index (κ1) is 18.8. The SMILES string of the molecule is CC(=O)Nc1ccc(F)c(C2(C)CS3(=O)=NCCCCC3(C)C(N)=N2)n1. The van der Waals surface area contributed by atoms with Crippen molar-refractivity contribution in [2.75, 3.05) is 17.6 Å². The van der Waals surface area contributed by atoms with Crippen LogP contribution in [0.3, 0.4) is 0 Å². The summed E-state index contributed by atoms with van der Waals surface area (Å²) >= 11 is 0. The molecule has 142 valence electrons. The van der Waals surface area contributed by atoms with Crippen molar-refractivity contribution in [1.29, 1.82) is 0 Å². The van der Waals surface area contributed by atoms with Gasteiger partial charge in [-0.05, 0) is 45.2 Å². The Morgan fingerprint density at radius 3 is 2.77 bits per heavy atom. The van der Waals surface area contributed by atoms with Gasteiger partial charge in [-0.2, -0.15) is 0 Å². The first-order valence-electron chi connectivity index (χ1n) is 8.60. The van der Waals surface area contributed by atoms with Crippen LogP contribution >= 0.6 is 0 Å². The summed E-state index contributed by atoms with van der Waals surface area (Å²) in [7, 11) is -2.75. The van der Waals surface area contributed by atoms with E-state index in [2.05, 4.69) is 19.7 Å². The molecule has 0 aliphatic carbocycles. The number of hydrogen-bond acceptors (Lipinski definition) is 6. The molecule has 3 atom stereocenters. The minimum absolute atomic E-state index is 0.0101. The number of amidine groups is 1. The van der Waals surface area contributed by atoms with Gasteiger partial charge >= 0.3 is 0 Å². The topological polar surface area (TPSA) is 110 Å². The van der Waals surface area contributed by atoms with E-state index in [1.165, 1.54) is 19.1 Å². The molecule has 3 rings (SSSR count). The summed E-state index contributed by atoms with van der Waals surface area (Å²) in [5.41, 5.74) is 5.05. The first-order valence-corrected chi connectivity index (χ1v) is 10.3. The number of aliphatic imine (C=N–C) groups is 1. The van der Waals surface area contributed by atoms with Crippen LogP contribution < -0.4 is 11.1 Å². The molecule has 3 N–H and O–H groups in total. The maximum atomic E-state index is 14.6. The lowest BCUT2D eigenvalue weighted by atomic mass is 9.96. The number of anilines is 1. The molecule has 1 aromatic heterocycles. The fraction of sp³-hybridized carbons (Fsp3) is 0.588. The highest BCUT2D eigenvalue weighted by Gasteiger charge is 2.51. The van der Waals surface area contributed by atoms with Crippen molar-refractivity contribution >= 4 is 27.3 Å². The number of halogens is 1. The van der Waals surface area contributed by atoms with E-state index in [1.807, 2.05) is 6.92 Å². The van der Waals surface area contributed by atoms with E-state index < -0.39 is 25.8 Å². The van der Waals surface area contributed by atoms with Gasteiger partial charge in [-0.3, -0.25) is 9.79 Å². The molecule has 9 heteroatoms. The van der Waals surface area contributed by atoms with E-state index in [4.69, 9.17) is 5.73 Å². The minimum atomic E-state index is -2.75. The van der Waals surface area contributed by atoms with Crippen molar-refractivity contribution in [3.8, 4) is 0 Å². The maximum Gasteiger partial charge on any atom is 0.222 e. The van der Waals surface area contributed by atoms with Crippen LogP contribution in [-0.4, -0.2) is 38.0 Å². The summed E-state index contributed by atoms with van der Waals surface area (Å²) in [5.74, 6) is -0.412. The quantitative estimate of drug-likeness (QED) is 0.818. The zero-order valence-electron chi connectivity index (χ0n) is 15.2. The monoisotopic (exact) mass is 381 g/mol. The predicted octanol–water partition coefficient (Wildman–Crippen LogP) is 2.18. The predicted molar refractivity (Wildman–Crippen MR) is 100 cm³/mol. The number of rotatable bonds is 2. The Labute approximate surface area is 152 Å². The number of amides is 1. The molecule has 0 saturated carbocycles. The highest BCUT2D eigenvalue weighted by molar-refractivity contribution is 7.95. The average molecular weight is 381 g/mol. The summed E-state index contributed by atoms with van der Waals surface area (Å²) in [6.45, 7) is 5.34. The van der Waals surface area contributed by atoms with Gasteiger partial charge in [0.2, 0.25) is 5.91 Å². The molecule has 3 heterocycles. The van der Waals surface area contributed by atoms with Gasteiger partial charge in [0, 0.05) is 13.5 Å². The van der Waals surface area contributed by atoms with E-state index in [0.717, 1.165) is 12.8 Å². The van der Waals surface area contributed by atoms with Gasteiger partial charge in [0.25, 0.3) is 0 Å². The smallest absolute Gasteiger partial charge is 0.222 e. The Balaban J connectivity index is 2.16. The molecule has 3 unspecified atom stereocenters. The molecular weight excluding hydrogens is 357 g/mol. The third-order valence-electron chi connectivity index (χ3n) is 5.11. The lowest BCUT2D eigenvalue weighted by molar-refractivity contribution is -0.114. The molecule has 2 aliphatic rings. The standard InChI is InChI=1S/C17H24FN5O2S/c1-11(24)21-13-7-6-12(18)14(22-13)16(2)10-26(25)17(3,15(19)23-16)8-4-5-9-20-26/h6-7H,4-5,8-10H2,1-3H3,(H2,19,23)(H,21,22,24). The molecule has 26 heavy (non-hydrogen) atoms. The van der Waals surface area contributed by atoms with Crippen LogP contribution in [0, 0.1) is 5.82 Å². The van der Waals surface area contributed by atoms with Gasteiger partial charge in [0.05, 0.1) is 15.5 Å². The number of fused-ring (bicyclic) bond motifs is 1. The number of nitrogens with zero attached hydrogens (tertiary/aromatic N) is 3. The largest absolute Gasteiger partial charge is 0.386 e. The summed E-state index contributed by atoms with van der Waals surface area (Å²) in [6, 6.07) is 2.59. The normalized spacial score (nSPS) is 34.1. The first-order chi connectivity index (χ1) is 12.1. The zero-order valence-corrected chi connectivity index (χ0v) is 16.0. The number of aromatic nitrogens is 1. The van der Waals surface area contributed by atoms with E-state index in [1.54, 1.807) is 6.92 Å². The minimum Gasteiger partial charge on any atom is -0.386 e. The number of carbonyl (C=O) groups is 1. The maximum absolute atomic E-state index is 14.6. The van der Waals surface area contributed by atoms with Crippen LogP contribution in [-0.2, 0) is 20.1 Å². The number of nitrogens with one attached hydrogen (secondary N) is 1. The third kappa shape index (κ3) is 2.98. The summed E-state index contributed by atoms with van der Waals surface area (Å²) < 4.78 is 32.0. The van der Waals surface area contributed by atoms with Crippen molar-refractivity contribution in [3.63, 3.8) is 0 Å². The molecule has 7 nitrogen and oxygen atoms in total. The van der Waals surface area contributed by atoms with Crippen LogP contribution in [0.25, 0.3) is 0 Å². The number of carbonyl (C=O) groups excluding carboxylic acids is 1. The second-order valence-electron chi connectivity index (χ2n) is 7.30. The summed E-state index contributed by atoms with van der Waals surface area (Å²) in [4.78, 5) is 20.1. The Bertz CT molecular complexity index is 908. The van der Waals surface area contributed by atoms with Crippen LogP contribution in [0.2, 0.25) is 0 Å². The summed E-state index contributed by atoms with van der Waals surface area (Å²) in [5, 5.41) is 2.53. The fourth-order valence-corrected chi connectivity index (χ4v) is 6.49. The Kier molecular flexibility index (Phi) is 4.54. The molecule has 2 aliphatic heterocycles. The molecule has 1 aromatic rings. The van der Waals surface area contributed by atoms with Gasteiger partial charge < -0.3 is 11.1 Å². The molecule has 1 amide bonds. The van der Waals surface area contributed by atoms with Crippen molar-refractivity contribution in [2.45, 2.75) is 50.3 Å². The van der Waals surface area contributed by atoms with Crippen molar-refractivity contribution < 1.29 is 13.4 Å². The van der Waals surface area contributed by atoms with Gasteiger partial charge in [0.15, 0.2) is 0 Å². The number of pyridine rings is 1. The second kappa shape index (κ2) is 6.29. The third-order valence-corrected chi connectivity index (χ3v) is 8.49. The molecule has 0 spiro atoms. The number of nitrogens with two attached hydrogens (primary N) is 1. The van der Waals surface area contributed by atoms with E-state index in [0.29, 0.717) is 13.0 Å². The van der Waals surface area contributed by atoms with Crippen molar-refractivity contribution in [2.24, 2.45) is 15.1 Å². The van der Waals surface area contributed by atoms with Crippen molar-refractivity contribution in [3.05, 3.63) is 23.6 Å². The van der Waals surface area contributed by atoms with Gasteiger partial charge in [-0.25, -0.2) is 17.9 Å². The molecule has 0 aromatic carbocycles. The van der Waals surface area contributed by atoms with E-state index in [9.17, 15) is 13.4 Å². The lowest BCUT2D eigenvalue weighted by Gasteiger charge is -2.41. The van der Waals surface area contributed by atoms with E-state index in [-0.39, 0.29) is 29.0 Å². The number of hydrogen-bond donors (Lipinski definition) is 2. The van der Waals surface area contributed by atoms with Crippen LogP contribution in [0.5, 0.6) is 0 Å². The molecular formula is C17H24FN5O2S. The summed E-state index contributed by atoms with van der Waals surface area (Å²) in [6.07, 6.45) is 2.36. The Morgan fingerprint density at radius 2 is 2.08 bits per heavy atom. The Hall–Kier alpha value is -2.03. The average Bonchev–Trinajstić information content (AvgIpc) is 2.68. The second-order valence-corrected chi connectivity index (χ2v) is 10.0.